The van der Waals surface area contributed by atoms with Crippen LogP contribution in [0, 0.1) is 6.92 Å². The molecular formula is C13H15N3O3. The standard InChI is InChI=1S/C13H15N3O3/c1-9-14-12(19-15-9)10-5-2-3-7-16(10)13(17)11-6-4-8-18-11/h4,6,8,10H,2-3,5,7H2,1H3/t10-/m1/s1. The predicted octanol–water partition coefficient (Wildman–Crippen LogP) is 2.34. The van der Waals surface area contributed by atoms with Gasteiger partial charge in [-0.05, 0) is 38.3 Å². The van der Waals surface area contributed by atoms with Crippen molar-refractivity contribution in [3.63, 3.8) is 0 Å². The minimum absolute atomic E-state index is 0.120. The summed E-state index contributed by atoms with van der Waals surface area (Å²) in [4.78, 5) is 18.4. The van der Waals surface area contributed by atoms with Crippen molar-refractivity contribution in [3.8, 4) is 0 Å². The monoisotopic (exact) mass is 261 g/mol. The van der Waals surface area contributed by atoms with E-state index in [1.807, 2.05) is 0 Å². The minimum Gasteiger partial charge on any atom is -0.459 e. The first-order chi connectivity index (χ1) is 9.25. The maximum absolute atomic E-state index is 12.4. The van der Waals surface area contributed by atoms with Gasteiger partial charge >= 0.3 is 0 Å². The molecule has 0 unspecified atom stereocenters. The Balaban J connectivity index is 1.87. The van der Waals surface area contributed by atoms with Crippen LogP contribution in [0.2, 0.25) is 0 Å². The number of piperidine rings is 1. The van der Waals surface area contributed by atoms with E-state index >= 15 is 0 Å². The SMILES string of the molecule is Cc1noc([C@H]2CCCCN2C(=O)c2ccco2)n1. The summed E-state index contributed by atoms with van der Waals surface area (Å²) in [5, 5.41) is 3.80. The van der Waals surface area contributed by atoms with Gasteiger partial charge in [-0.15, -0.1) is 0 Å². The fraction of sp³-hybridized carbons (Fsp3) is 0.462. The maximum atomic E-state index is 12.4. The molecule has 0 saturated carbocycles. The van der Waals surface area contributed by atoms with Gasteiger partial charge in [0.2, 0.25) is 5.89 Å². The first-order valence-corrected chi connectivity index (χ1v) is 6.40. The van der Waals surface area contributed by atoms with Crippen molar-refractivity contribution in [1.82, 2.24) is 15.0 Å². The average molecular weight is 261 g/mol. The van der Waals surface area contributed by atoms with E-state index in [-0.39, 0.29) is 11.9 Å². The molecule has 0 spiro atoms. The molecule has 0 aliphatic carbocycles. The number of amides is 1. The molecule has 3 heterocycles. The lowest BCUT2D eigenvalue weighted by Crippen LogP contribution is -2.38. The number of aryl methyl sites for hydroxylation is 1. The number of hydrogen-bond donors (Lipinski definition) is 0. The maximum Gasteiger partial charge on any atom is 0.290 e. The van der Waals surface area contributed by atoms with E-state index in [1.165, 1.54) is 6.26 Å². The molecule has 2 aromatic heterocycles. The molecule has 2 aromatic rings. The molecule has 19 heavy (non-hydrogen) atoms. The quantitative estimate of drug-likeness (QED) is 0.829. The lowest BCUT2D eigenvalue weighted by molar-refractivity contribution is 0.0529. The highest BCUT2D eigenvalue weighted by Gasteiger charge is 2.33. The number of likely N-dealkylation sites (tertiary alicyclic amines) is 1. The molecule has 1 atom stereocenters. The van der Waals surface area contributed by atoms with Crippen LogP contribution in [0.25, 0.3) is 0 Å². The summed E-state index contributed by atoms with van der Waals surface area (Å²) in [6.45, 7) is 2.46. The summed E-state index contributed by atoms with van der Waals surface area (Å²) in [5.41, 5.74) is 0. The van der Waals surface area contributed by atoms with Gasteiger partial charge in [0.05, 0.1) is 6.26 Å². The summed E-state index contributed by atoms with van der Waals surface area (Å²) in [5.74, 6) is 1.33. The smallest absolute Gasteiger partial charge is 0.290 e. The van der Waals surface area contributed by atoms with E-state index in [2.05, 4.69) is 10.1 Å². The summed E-state index contributed by atoms with van der Waals surface area (Å²) in [6, 6.07) is 3.24. The van der Waals surface area contributed by atoms with Gasteiger partial charge in [0.1, 0.15) is 6.04 Å². The van der Waals surface area contributed by atoms with Crippen LogP contribution in [0.15, 0.2) is 27.3 Å². The first-order valence-electron chi connectivity index (χ1n) is 6.40. The molecule has 0 radical (unpaired) electrons. The predicted molar refractivity (Wildman–Crippen MR) is 65.4 cm³/mol. The number of carbonyl (C=O) groups excluding carboxylic acids is 1. The van der Waals surface area contributed by atoms with Gasteiger partial charge in [0, 0.05) is 6.54 Å². The Morgan fingerprint density at radius 3 is 3.05 bits per heavy atom. The van der Waals surface area contributed by atoms with E-state index in [0.29, 0.717) is 24.0 Å². The van der Waals surface area contributed by atoms with Crippen molar-refractivity contribution in [1.29, 1.82) is 0 Å². The second-order valence-electron chi connectivity index (χ2n) is 4.67. The van der Waals surface area contributed by atoms with Crippen LogP contribution < -0.4 is 0 Å². The van der Waals surface area contributed by atoms with Crippen LogP contribution in [0.4, 0.5) is 0 Å². The molecule has 0 bridgehead atoms. The molecule has 6 heteroatoms. The Labute approximate surface area is 110 Å². The molecular weight excluding hydrogens is 246 g/mol. The molecule has 1 fully saturated rings. The summed E-state index contributed by atoms with van der Waals surface area (Å²) in [7, 11) is 0. The second kappa shape index (κ2) is 4.87. The van der Waals surface area contributed by atoms with Crippen molar-refractivity contribution < 1.29 is 13.7 Å². The van der Waals surface area contributed by atoms with Crippen molar-refractivity contribution >= 4 is 5.91 Å². The molecule has 1 saturated heterocycles. The van der Waals surface area contributed by atoms with Gasteiger partial charge in [-0.1, -0.05) is 5.16 Å². The van der Waals surface area contributed by atoms with E-state index in [9.17, 15) is 4.79 Å². The Bertz CT molecular complexity index is 561. The van der Waals surface area contributed by atoms with Crippen molar-refractivity contribution in [2.24, 2.45) is 0 Å². The van der Waals surface area contributed by atoms with Gasteiger partial charge in [0.15, 0.2) is 11.6 Å². The van der Waals surface area contributed by atoms with Gasteiger partial charge in [0.25, 0.3) is 5.91 Å². The van der Waals surface area contributed by atoms with Gasteiger partial charge in [-0.2, -0.15) is 4.98 Å². The van der Waals surface area contributed by atoms with E-state index in [0.717, 1.165) is 19.3 Å². The number of furan rings is 1. The van der Waals surface area contributed by atoms with Gasteiger partial charge < -0.3 is 13.8 Å². The third-order valence-corrected chi connectivity index (χ3v) is 3.32. The second-order valence-corrected chi connectivity index (χ2v) is 4.67. The van der Waals surface area contributed by atoms with Crippen molar-refractivity contribution in [2.75, 3.05) is 6.54 Å². The number of rotatable bonds is 2. The van der Waals surface area contributed by atoms with Crippen LogP contribution in [-0.4, -0.2) is 27.5 Å². The van der Waals surface area contributed by atoms with Crippen LogP contribution in [0.3, 0.4) is 0 Å². The number of aromatic nitrogens is 2. The third kappa shape index (κ3) is 2.25. The fourth-order valence-electron chi connectivity index (χ4n) is 2.42. The summed E-state index contributed by atoms with van der Waals surface area (Å²) < 4.78 is 10.4. The fourth-order valence-corrected chi connectivity index (χ4v) is 2.42. The number of carbonyl (C=O) groups is 1. The molecule has 0 N–H and O–H groups in total. The van der Waals surface area contributed by atoms with Gasteiger partial charge in [-0.3, -0.25) is 4.79 Å². The van der Waals surface area contributed by atoms with E-state index in [1.54, 1.807) is 24.0 Å². The number of hydrogen-bond acceptors (Lipinski definition) is 5. The minimum atomic E-state index is -0.146. The molecule has 0 aromatic carbocycles. The first kappa shape index (κ1) is 12.0. The van der Waals surface area contributed by atoms with Crippen molar-refractivity contribution in [2.45, 2.75) is 32.2 Å². The molecule has 100 valence electrons. The third-order valence-electron chi connectivity index (χ3n) is 3.32. The van der Waals surface area contributed by atoms with Crippen LogP contribution in [0.5, 0.6) is 0 Å². The Morgan fingerprint density at radius 1 is 1.47 bits per heavy atom. The lowest BCUT2D eigenvalue weighted by Gasteiger charge is -2.32. The van der Waals surface area contributed by atoms with Crippen LogP contribution in [0.1, 0.15) is 47.6 Å². The average Bonchev–Trinajstić information content (AvgIpc) is 3.09. The van der Waals surface area contributed by atoms with E-state index in [4.69, 9.17) is 8.94 Å². The highest BCUT2D eigenvalue weighted by Crippen LogP contribution is 2.31. The Kier molecular flexibility index (Phi) is 3.06. The highest BCUT2D eigenvalue weighted by atomic mass is 16.5. The van der Waals surface area contributed by atoms with Crippen LogP contribution in [-0.2, 0) is 0 Å². The summed E-state index contributed by atoms with van der Waals surface area (Å²) >= 11 is 0. The normalized spacial score (nSPS) is 19.6. The Morgan fingerprint density at radius 2 is 2.37 bits per heavy atom. The zero-order chi connectivity index (χ0) is 13.2. The topological polar surface area (TPSA) is 72.4 Å². The van der Waals surface area contributed by atoms with Crippen molar-refractivity contribution in [3.05, 3.63) is 35.9 Å². The molecule has 3 rings (SSSR count). The van der Waals surface area contributed by atoms with Gasteiger partial charge in [-0.25, -0.2) is 0 Å². The van der Waals surface area contributed by atoms with E-state index < -0.39 is 0 Å². The lowest BCUT2D eigenvalue weighted by atomic mass is 10.0. The zero-order valence-corrected chi connectivity index (χ0v) is 10.7. The number of nitrogens with zero attached hydrogens (tertiary/aromatic N) is 3. The van der Waals surface area contributed by atoms with Crippen LogP contribution >= 0.6 is 0 Å². The highest BCUT2D eigenvalue weighted by molar-refractivity contribution is 5.91. The summed E-state index contributed by atoms with van der Waals surface area (Å²) in [6.07, 6.45) is 4.38. The molecule has 1 aliphatic heterocycles. The molecule has 1 aliphatic rings. The molecule has 6 nitrogen and oxygen atoms in total. The zero-order valence-electron chi connectivity index (χ0n) is 10.7. The molecule has 1 amide bonds. The largest absolute Gasteiger partial charge is 0.459 e. The Hall–Kier alpha value is -2.11.